The molecular weight excluding hydrogens is 280 g/mol. The van der Waals surface area contributed by atoms with Crippen LogP contribution in [0.5, 0.6) is 0 Å². The molecule has 1 aromatic heterocycles. The Bertz CT molecular complexity index is 480. The molecule has 6 nitrogen and oxygen atoms in total. The summed E-state index contributed by atoms with van der Waals surface area (Å²) in [6, 6.07) is -0.0122. The van der Waals surface area contributed by atoms with Gasteiger partial charge in [-0.2, -0.15) is 0 Å². The van der Waals surface area contributed by atoms with Crippen molar-refractivity contribution >= 4 is 6.03 Å². The summed E-state index contributed by atoms with van der Waals surface area (Å²) in [7, 11) is 1.84. The Morgan fingerprint density at radius 1 is 1.55 bits per heavy atom. The van der Waals surface area contributed by atoms with E-state index in [2.05, 4.69) is 14.9 Å². The molecule has 1 atom stereocenters. The summed E-state index contributed by atoms with van der Waals surface area (Å²) in [6.45, 7) is 7.07. The molecule has 0 bridgehead atoms. The summed E-state index contributed by atoms with van der Waals surface area (Å²) >= 11 is 0. The van der Waals surface area contributed by atoms with Gasteiger partial charge in [-0.05, 0) is 39.5 Å². The van der Waals surface area contributed by atoms with Gasteiger partial charge in [-0.25, -0.2) is 9.78 Å². The van der Waals surface area contributed by atoms with E-state index in [4.69, 9.17) is 4.74 Å². The number of nitrogens with one attached hydrogen (secondary N) is 1. The zero-order valence-electron chi connectivity index (χ0n) is 14.0. The molecule has 1 fully saturated rings. The minimum atomic E-state index is -0.0122. The standard InChI is InChI=1S/C16H28N4O2/c1-13-14(2)20(12-18-13)10-8-17-16(21)19(3)9-4-6-15-7-5-11-22-15/h12,15H,4-11H2,1-3H3,(H,17,21)/t15-/m1/s1. The number of aromatic nitrogens is 2. The minimum Gasteiger partial charge on any atom is -0.378 e. The van der Waals surface area contributed by atoms with Crippen LogP contribution in [0, 0.1) is 13.8 Å². The van der Waals surface area contributed by atoms with Gasteiger partial charge in [0, 0.05) is 39.0 Å². The molecule has 1 N–H and O–H groups in total. The van der Waals surface area contributed by atoms with Gasteiger partial charge < -0.3 is 19.5 Å². The summed E-state index contributed by atoms with van der Waals surface area (Å²) in [5.41, 5.74) is 2.19. The summed E-state index contributed by atoms with van der Waals surface area (Å²) < 4.78 is 7.66. The molecule has 0 aliphatic carbocycles. The molecule has 1 aliphatic heterocycles. The largest absolute Gasteiger partial charge is 0.378 e. The van der Waals surface area contributed by atoms with Crippen LogP contribution < -0.4 is 5.32 Å². The van der Waals surface area contributed by atoms with Gasteiger partial charge in [0.25, 0.3) is 0 Å². The zero-order valence-corrected chi connectivity index (χ0v) is 14.0. The average molecular weight is 308 g/mol. The van der Waals surface area contributed by atoms with Gasteiger partial charge in [0.15, 0.2) is 0 Å². The van der Waals surface area contributed by atoms with Crippen molar-refractivity contribution in [1.29, 1.82) is 0 Å². The maximum atomic E-state index is 12.0. The highest BCUT2D eigenvalue weighted by molar-refractivity contribution is 5.73. The summed E-state index contributed by atoms with van der Waals surface area (Å²) in [5.74, 6) is 0. The minimum absolute atomic E-state index is 0.0122. The van der Waals surface area contributed by atoms with E-state index >= 15 is 0 Å². The van der Waals surface area contributed by atoms with E-state index in [-0.39, 0.29) is 6.03 Å². The van der Waals surface area contributed by atoms with Crippen LogP contribution in [0.4, 0.5) is 4.79 Å². The van der Waals surface area contributed by atoms with E-state index in [9.17, 15) is 4.79 Å². The smallest absolute Gasteiger partial charge is 0.317 e. The molecule has 2 amide bonds. The topological polar surface area (TPSA) is 59.4 Å². The van der Waals surface area contributed by atoms with Crippen LogP contribution in [0.2, 0.25) is 0 Å². The predicted octanol–water partition coefficient (Wildman–Crippen LogP) is 2.10. The van der Waals surface area contributed by atoms with Crippen LogP contribution in [0.15, 0.2) is 6.33 Å². The quantitative estimate of drug-likeness (QED) is 0.839. The average Bonchev–Trinajstić information content (AvgIpc) is 3.12. The van der Waals surface area contributed by atoms with Crippen molar-refractivity contribution in [3.8, 4) is 0 Å². The van der Waals surface area contributed by atoms with Crippen molar-refractivity contribution in [2.75, 3.05) is 26.7 Å². The van der Waals surface area contributed by atoms with Crippen molar-refractivity contribution in [3.05, 3.63) is 17.7 Å². The van der Waals surface area contributed by atoms with Gasteiger partial charge in [0.05, 0.1) is 18.1 Å². The number of amides is 2. The summed E-state index contributed by atoms with van der Waals surface area (Å²) in [5, 5.41) is 2.95. The third-order valence-electron chi connectivity index (χ3n) is 4.36. The van der Waals surface area contributed by atoms with Crippen LogP contribution in [0.1, 0.15) is 37.1 Å². The lowest BCUT2D eigenvalue weighted by Crippen LogP contribution is -2.39. The number of rotatable bonds is 7. The Morgan fingerprint density at radius 2 is 2.36 bits per heavy atom. The zero-order chi connectivity index (χ0) is 15.9. The first-order valence-electron chi connectivity index (χ1n) is 8.17. The maximum absolute atomic E-state index is 12.0. The van der Waals surface area contributed by atoms with E-state index in [1.54, 1.807) is 4.90 Å². The van der Waals surface area contributed by atoms with E-state index in [0.717, 1.165) is 43.9 Å². The molecule has 1 aromatic rings. The number of hydrogen-bond donors (Lipinski definition) is 1. The Hall–Kier alpha value is -1.56. The monoisotopic (exact) mass is 308 g/mol. The van der Waals surface area contributed by atoms with Gasteiger partial charge in [-0.3, -0.25) is 0 Å². The highest BCUT2D eigenvalue weighted by Gasteiger charge is 2.15. The second kappa shape index (κ2) is 8.17. The lowest BCUT2D eigenvalue weighted by molar-refractivity contribution is 0.100. The first-order valence-corrected chi connectivity index (χ1v) is 8.17. The molecule has 2 heterocycles. The van der Waals surface area contributed by atoms with Crippen molar-refractivity contribution in [2.45, 2.75) is 52.2 Å². The number of carbonyl (C=O) groups excluding carboxylic acids is 1. The van der Waals surface area contributed by atoms with E-state index < -0.39 is 0 Å². The first kappa shape index (κ1) is 16.8. The maximum Gasteiger partial charge on any atom is 0.317 e. The van der Waals surface area contributed by atoms with Gasteiger partial charge >= 0.3 is 6.03 Å². The number of aryl methyl sites for hydroxylation is 1. The van der Waals surface area contributed by atoms with Crippen LogP contribution >= 0.6 is 0 Å². The normalized spacial score (nSPS) is 17.7. The Kier molecular flexibility index (Phi) is 6.24. The molecule has 6 heteroatoms. The molecule has 2 rings (SSSR count). The fourth-order valence-electron chi connectivity index (χ4n) is 2.72. The van der Waals surface area contributed by atoms with Crippen molar-refractivity contribution in [2.24, 2.45) is 0 Å². The van der Waals surface area contributed by atoms with Crippen molar-refractivity contribution < 1.29 is 9.53 Å². The molecule has 0 aromatic carbocycles. The number of carbonyl (C=O) groups is 1. The number of imidazole rings is 1. The third-order valence-corrected chi connectivity index (χ3v) is 4.36. The molecule has 1 aliphatic rings. The second-order valence-corrected chi connectivity index (χ2v) is 6.04. The highest BCUT2D eigenvalue weighted by Crippen LogP contribution is 2.16. The Morgan fingerprint density at radius 3 is 3.00 bits per heavy atom. The summed E-state index contributed by atoms with van der Waals surface area (Å²) in [4.78, 5) is 18.0. The number of ether oxygens (including phenoxy) is 1. The summed E-state index contributed by atoms with van der Waals surface area (Å²) in [6.07, 6.45) is 6.61. The second-order valence-electron chi connectivity index (χ2n) is 6.04. The van der Waals surface area contributed by atoms with Gasteiger partial charge in [0.1, 0.15) is 0 Å². The molecule has 22 heavy (non-hydrogen) atoms. The number of urea groups is 1. The Balaban J connectivity index is 1.60. The molecule has 0 spiro atoms. The first-order chi connectivity index (χ1) is 10.6. The van der Waals surface area contributed by atoms with Crippen molar-refractivity contribution in [1.82, 2.24) is 19.8 Å². The molecular formula is C16H28N4O2. The van der Waals surface area contributed by atoms with E-state index in [1.165, 1.54) is 12.8 Å². The fourth-order valence-corrected chi connectivity index (χ4v) is 2.72. The highest BCUT2D eigenvalue weighted by atomic mass is 16.5. The van der Waals surface area contributed by atoms with Crippen LogP contribution in [-0.2, 0) is 11.3 Å². The Labute approximate surface area is 132 Å². The van der Waals surface area contributed by atoms with Gasteiger partial charge in [-0.15, -0.1) is 0 Å². The fraction of sp³-hybridized carbons (Fsp3) is 0.750. The lowest BCUT2D eigenvalue weighted by atomic mass is 10.1. The predicted molar refractivity (Wildman–Crippen MR) is 85.9 cm³/mol. The van der Waals surface area contributed by atoms with E-state index in [1.807, 2.05) is 27.2 Å². The lowest BCUT2D eigenvalue weighted by Gasteiger charge is -2.19. The third kappa shape index (κ3) is 4.73. The van der Waals surface area contributed by atoms with Crippen LogP contribution in [0.25, 0.3) is 0 Å². The molecule has 0 saturated carbocycles. The van der Waals surface area contributed by atoms with Crippen molar-refractivity contribution in [3.63, 3.8) is 0 Å². The van der Waals surface area contributed by atoms with Crippen LogP contribution in [-0.4, -0.2) is 53.3 Å². The molecule has 0 radical (unpaired) electrons. The number of nitrogens with zero attached hydrogens (tertiary/aromatic N) is 3. The van der Waals surface area contributed by atoms with Gasteiger partial charge in [-0.1, -0.05) is 0 Å². The van der Waals surface area contributed by atoms with Gasteiger partial charge in [0.2, 0.25) is 0 Å². The van der Waals surface area contributed by atoms with E-state index in [0.29, 0.717) is 12.6 Å². The molecule has 0 unspecified atom stereocenters. The van der Waals surface area contributed by atoms with Crippen LogP contribution in [0.3, 0.4) is 0 Å². The molecule has 124 valence electrons. The number of hydrogen-bond acceptors (Lipinski definition) is 3. The molecule has 1 saturated heterocycles. The SMILES string of the molecule is Cc1ncn(CCNC(=O)N(C)CCC[C@@H]2CCCO2)c1C.